The Hall–Kier alpha value is -1.04. The first-order valence-corrected chi connectivity index (χ1v) is 2.61. The van der Waals surface area contributed by atoms with E-state index >= 15 is 0 Å². The Balaban J connectivity index is 0.000000640. The second kappa shape index (κ2) is 2.31. The van der Waals surface area contributed by atoms with Crippen molar-refractivity contribution in [1.82, 2.24) is 0 Å². The highest BCUT2D eigenvalue weighted by Gasteiger charge is 1.75. The second-order valence-electron chi connectivity index (χ2n) is 1.61. The molecule has 0 unspecified atom stereocenters. The Morgan fingerprint density at radius 1 is 1.25 bits per heavy atom. The first kappa shape index (κ1) is 5.10. The molecule has 0 bridgehead atoms. The van der Waals surface area contributed by atoms with Crippen LogP contribution in [0.25, 0.3) is 6.08 Å². The lowest BCUT2D eigenvalue weighted by atomic mass is 10.2. The largest absolute Gasteiger partial charge is 0.0985 e. The summed E-state index contributed by atoms with van der Waals surface area (Å²) in [6, 6.07) is 10.0. The monoisotopic (exact) mass is 105 g/mol. The minimum atomic E-state index is 0. The first-order chi connectivity index (χ1) is 3.93. The Morgan fingerprint density at radius 3 is 2.25 bits per heavy atom. The topological polar surface area (TPSA) is 0 Å². The van der Waals surface area contributed by atoms with E-state index in [1.54, 1.807) is 0 Å². The fraction of sp³-hybridized carbons (Fsp3) is 0. The molecule has 0 saturated carbocycles. The summed E-state index contributed by atoms with van der Waals surface area (Å²) in [6.07, 6.45) is 1.83. The summed E-state index contributed by atoms with van der Waals surface area (Å²) in [6.45, 7) is 3.63. The maximum atomic E-state index is 3.63. The van der Waals surface area contributed by atoms with E-state index in [0.717, 1.165) is 0 Å². The van der Waals surface area contributed by atoms with E-state index in [2.05, 4.69) is 6.58 Å². The molecule has 0 aromatic heterocycles. The van der Waals surface area contributed by atoms with Crippen molar-refractivity contribution in [3.63, 3.8) is 0 Å². The van der Waals surface area contributed by atoms with Gasteiger partial charge in [0.15, 0.2) is 0 Å². The van der Waals surface area contributed by atoms with Crippen LogP contribution in [0.2, 0.25) is 0 Å². The van der Waals surface area contributed by atoms with Crippen molar-refractivity contribution < 1.29 is 1.43 Å². The van der Waals surface area contributed by atoms with Crippen LogP contribution in [-0.2, 0) is 0 Å². The summed E-state index contributed by atoms with van der Waals surface area (Å²) in [4.78, 5) is 0. The van der Waals surface area contributed by atoms with Crippen molar-refractivity contribution in [2.75, 3.05) is 0 Å². The molecule has 1 rings (SSSR count). The van der Waals surface area contributed by atoms with Crippen molar-refractivity contribution in [3.8, 4) is 0 Å². The van der Waals surface area contributed by atoms with Crippen LogP contribution in [-0.4, -0.2) is 0 Å². The summed E-state index contributed by atoms with van der Waals surface area (Å²) < 4.78 is 0. The van der Waals surface area contributed by atoms with Crippen LogP contribution in [0, 0.1) is 0 Å². The van der Waals surface area contributed by atoms with E-state index in [-0.39, 0.29) is 1.43 Å². The van der Waals surface area contributed by atoms with Gasteiger partial charge in [0.1, 0.15) is 0 Å². The van der Waals surface area contributed by atoms with Gasteiger partial charge in [-0.2, -0.15) is 0 Å². The normalized spacial score (nSPS) is 8.50. The molecular weight excluding hydrogens is 96.1 g/mol. The molecule has 8 heavy (non-hydrogen) atoms. The summed E-state index contributed by atoms with van der Waals surface area (Å²) in [7, 11) is 0. The second-order valence-corrected chi connectivity index (χ2v) is 1.61. The molecule has 0 fully saturated rings. The van der Waals surface area contributed by atoms with Crippen molar-refractivity contribution in [2.24, 2.45) is 0 Å². The van der Waals surface area contributed by atoms with Gasteiger partial charge in [0, 0.05) is 1.43 Å². The maximum Gasteiger partial charge on any atom is 0 e. The zero-order valence-corrected chi connectivity index (χ0v) is 4.67. The van der Waals surface area contributed by atoms with E-state index < -0.39 is 0 Å². The summed E-state index contributed by atoms with van der Waals surface area (Å²) in [5.41, 5.74) is 1.17. The van der Waals surface area contributed by atoms with Gasteiger partial charge in [-0.1, -0.05) is 43.0 Å². The number of hydrogen-bond acceptors (Lipinski definition) is 0. The standard InChI is InChI=1S/C8H8.H/c1-2-8-6-4-3-5-7-8;/h2-7H,1H2;. The molecule has 0 atom stereocenters. The summed E-state index contributed by atoms with van der Waals surface area (Å²) >= 11 is 0. The molecule has 41 valence electrons. The maximum absolute atomic E-state index is 3.63. The van der Waals surface area contributed by atoms with Crippen molar-refractivity contribution >= 4 is 6.08 Å². The Labute approximate surface area is 51.0 Å². The smallest absolute Gasteiger partial charge is 0 e. The van der Waals surface area contributed by atoms with Gasteiger partial charge >= 0.3 is 0 Å². The fourth-order valence-corrected chi connectivity index (χ4v) is 0.589. The van der Waals surface area contributed by atoms with Gasteiger partial charge in [-0.25, -0.2) is 0 Å². The zero-order valence-electron chi connectivity index (χ0n) is 5.67. The lowest BCUT2D eigenvalue weighted by molar-refractivity contribution is 1.67. The number of benzene rings is 1. The van der Waals surface area contributed by atoms with Gasteiger partial charge in [-0.05, 0) is 5.56 Å². The van der Waals surface area contributed by atoms with E-state index in [1.807, 2.05) is 36.4 Å². The SMILES string of the molecule is C=Cc1ccccc1.[H]. The van der Waals surface area contributed by atoms with Gasteiger partial charge in [0.25, 0.3) is 0 Å². The van der Waals surface area contributed by atoms with Crippen LogP contribution in [0.1, 0.15) is 6.99 Å². The predicted molar refractivity (Wildman–Crippen MR) is 37.6 cm³/mol. The molecule has 0 saturated heterocycles. The molecule has 0 aliphatic rings. The highest BCUT2D eigenvalue weighted by molar-refractivity contribution is 5.45. The molecule has 1 aromatic rings. The van der Waals surface area contributed by atoms with Crippen molar-refractivity contribution in [3.05, 3.63) is 42.5 Å². The summed E-state index contributed by atoms with van der Waals surface area (Å²) in [5, 5.41) is 0. The number of hydrogen-bond donors (Lipinski definition) is 0. The lowest BCUT2D eigenvalue weighted by Crippen LogP contribution is -1.63. The highest BCUT2D eigenvalue weighted by Crippen LogP contribution is 1.97. The molecule has 1 radical (unpaired) electrons. The van der Waals surface area contributed by atoms with Gasteiger partial charge in [0.05, 0.1) is 0 Å². The molecule has 0 spiro atoms. The Kier molecular flexibility index (Phi) is 1.48. The molecule has 0 nitrogen and oxygen atoms in total. The molecule has 0 amide bonds. The molecule has 1 aromatic carbocycles. The van der Waals surface area contributed by atoms with Gasteiger partial charge in [-0.3, -0.25) is 0 Å². The molecular formula is C8H9. The first-order valence-electron chi connectivity index (χ1n) is 2.61. The molecule has 0 aliphatic heterocycles. The minimum Gasteiger partial charge on any atom is -0.0985 e. The van der Waals surface area contributed by atoms with Crippen LogP contribution in [0.15, 0.2) is 36.9 Å². The quantitative estimate of drug-likeness (QED) is 0.514. The van der Waals surface area contributed by atoms with Crippen molar-refractivity contribution in [1.29, 1.82) is 0 Å². The Bertz CT molecular complexity index is 167. The lowest BCUT2D eigenvalue weighted by Gasteiger charge is -1.85. The third kappa shape index (κ3) is 0.969. The summed E-state index contributed by atoms with van der Waals surface area (Å²) in [5.74, 6) is 0. The van der Waals surface area contributed by atoms with Crippen LogP contribution < -0.4 is 0 Å². The fourth-order valence-electron chi connectivity index (χ4n) is 0.589. The van der Waals surface area contributed by atoms with E-state index in [9.17, 15) is 0 Å². The third-order valence-corrected chi connectivity index (χ3v) is 1.04. The van der Waals surface area contributed by atoms with Crippen LogP contribution in [0.5, 0.6) is 0 Å². The molecule has 0 heterocycles. The molecule has 0 N–H and O–H groups in total. The van der Waals surface area contributed by atoms with E-state index in [1.165, 1.54) is 5.56 Å². The third-order valence-electron chi connectivity index (χ3n) is 1.04. The average Bonchev–Trinajstić information content (AvgIpc) is 1.90. The van der Waals surface area contributed by atoms with Gasteiger partial charge in [-0.15, -0.1) is 0 Å². The number of rotatable bonds is 1. The zero-order chi connectivity index (χ0) is 5.82. The van der Waals surface area contributed by atoms with E-state index in [0.29, 0.717) is 0 Å². The Morgan fingerprint density at radius 2 is 1.88 bits per heavy atom. The molecule has 0 aliphatic carbocycles. The van der Waals surface area contributed by atoms with E-state index in [4.69, 9.17) is 0 Å². The van der Waals surface area contributed by atoms with Gasteiger partial charge < -0.3 is 0 Å². The van der Waals surface area contributed by atoms with Gasteiger partial charge in [0.2, 0.25) is 0 Å². The van der Waals surface area contributed by atoms with Crippen LogP contribution >= 0.6 is 0 Å². The van der Waals surface area contributed by atoms with Crippen LogP contribution in [0.3, 0.4) is 0 Å². The van der Waals surface area contributed by atoms with Crippen LogP contribution in [0.4, 0.5) is 0 Å². The minimum absolute atomic E-state index is 0. The predicted octanol–water partition coefficient (Wildman–Crippen LogP) is 2.44. The highest BCUT2D eigenvalue weighted by atomic mass is 13.8. The van der Waals surface area contributed by atoms with Crippen molar-refractivity contribution in [2.45, 2.75) is 0 Å². The average molecular weight is 105 g/mol. The molecule has 0 heteroatoms.